The monoisotopic (exact) mass is 371 g/mol. The molecule has 5 heteroatoms. The lowest BCUT2D eigenvalue weighted by Gasteiger charge is -2.17. The minimum Gasteiger partial charge on any atom is -0.296 e. The highest BCUT2D eigenvalue weighted by Gasteiger charge is 2.07. The standard InChI is InChI=1S/C18H18BrN3O/c1-13-5-3-4-6-14(13)10-21(2)12-16-9-18(23)22-11-15(19)7-8-17(22)20-16/h3-9,11H,10,12H2,1-2H3. The number of pyridine rings is 1. The molecule has 0 fully saturated rings. The maximum absolute atomic E-state index is 12.2. The van der Waals surface area contributed by atoms with Crippen LogP contribution in [0, 0.1) is 6.92 Å². The molecule has 3 rings (SSSR count). The molecule has 0 bridgehead atoms. The van der Waals surface area contributed by atoms with Crippen molar-refractivity contribution in [2.45, 2.75) is 20.0 Å². The molecule has 0 radical (unpaired) electrons. The summed E-state index contributed by atoms with van der Waals surface area (Å²) in [4.78, 5) is 19.0. The van der Waals surface area contributed by atoms with Crippen molar-refractivity contribution in [1.82, 2.24) is 14.3 Å². The molecule has 118 valence electrons. The first kappa shape index (κ1) is 15.9. The van der Waals surface area contributed by atoms with E-state index in [1.54, 1.807) is 16.7 Å². The quantitative estimate of drug-likeness (QED) is 0.705. The van der Waals surface area contributed by atoms with Gasteiger partial charge in [-0.25, -0.2) is 4.98 Å². The zero-order valence-corrected chi connectivity index (χ0v) is 14.7. The summed E-state index contributed by atoms with van der Waals surface area (Å²) < 4.78 is 2.41. The zero-order valence-electron chi connectivity index (χ0n) is 13.2. The summed E-state index contributed by atoms with van der Waals surface area (Å²) in [5.41, 5.74) is 3.95. The average molecular weight is 372 g/mol. The predicted octanol–water partition coefficient (Wildman–Crippen LogP) is 3.40. The van der Waals surface area contributed by atoms with E-state index in [1.807, 2.05) is 25.2 Å². The molecule has 23 heavy (non-hydrogen) atoms. The third kappa shape index (κ3) is 3.68. The second-order valence-electron chi connectivity index (χ2n) is 5.76. The average Bonchev–Trinajstić information content (AvgIpc) is 2.50. The van der Waals surface area contributed by atoms with E-state index in [-0.39, 0.29) is 5.56 Å². The molecule has 2 aromatic heterocycles. The molecule has 4 nitrogen and oxygen atoms in total. The van der Waals surface area contributed by atoms with Crippen molar-refractivity contribution in [2.75, 3.05) is 7.05 Å². The van der Waals surface area contributed by atoms with Crippen LogP contribution in [0.3, 0.4) is 0 Å². The van der Waals surface area contributed by atoms with Gasteiger partial charge in [-0.2, -0.15) is 0 Å². The zero-order chi connectivity index (χ0) is 16.4. The van der Waals surface area contributed by atoms with Crippen LogP contribution < -0.4 is 5.56 Å². The van der Waals surface area contributed by atoms with E-state index in [9.17, 15) is 4.79 Å². The number of hydrogen-bond donors (Lipinski definition) is 0. The van der Waals surface area contributed by atoms with Crippen molar-refractivity contribution in [3.63, 3.8) is 0 Å². The largest absolute Gasteiger partial charge is 0.296 e. The van der Waals surface area contributed by atoms with Crippen LogP contribution in [-0.4, -0.2) is 21.3 Å². The van der Waals surface area contributed by atoms with Crippen LogP contribution in [0.15, 0.2) is 57.9 Å². The fourth-order valence-electron chi connectivity index (χ4n) is 2.62. The summed E-state index contributed by atoms with van der Waals surface area (Å²) in [6.45, 7) is 3.58. The predicted molar refractivity (Wildman–Crippen MR) is 95.5 cm³/mol. The number of halogens is 1. The molecule has 2 heterocycles. The van der Waals surface area contributed by atoms with Gasteiger partial charge in [0.05, 0.1) is 5.69 Å². The van der Waals surface area contributed by atoms with Gasteiger partial charge in [-0.3, -0.25) is 14.1 Å². The van der Waals surface area contributed by atoms with Gasteiger partial charge in [0.15, 0.2) is 0 Å². The van der Waals surface area contributed by atoms with Crippen LogP contribution in [0.25, 0.3) is 5.65 Å². The molecule has 0 unspecified atom stereocenters. The molecule has 3 aromatic rings. The van der Waals surface area contributed by atoms with E-state index in [0.29, 0.717) is 12.2 Å². The van der Waals surface area contributed by atoms with E-state index >= 15 is 0 Å². The molecule has 0 saturated carbocycles. The molecular weight excluding hydrogens is 354 g/mol. The third-order valence-electron chi connectivity index (χ3n) is 3.81. The van der Waals surface area contributed by atoms with Crippen LogP contribution in [0.5, 0.6) is 0 Å². The van der Waals surface area contributed by atoms with Crippen molar-refractivity contribution in [1.29, 1.82) is 0 Å². The van der Waals surface area contributed by atoms with Crippen LogP contribution in [0.2, 0.25) is 0 Å². The first-order valence-electron chi connectivity index (χ1n) is 7.44. The molecular formula is C18H18BrN3O. The van der Waals surface area contributed by atoms with Crippen LogP contribution in [0.4, 0.5) is 0 Å². The normalized spacial score (nSPS) is 11.3. The molecule has 0 spiro atoms. The molecule has 0 atom stereocenters. The molecule has 0 N–H and O–H groups in total. The molecule has 0 saturated heterocycles. The van der Waals surface area contributed by atoms with Gasteiger partial charge >= 0.3 is 0 Å². The minimum absolute atomic E-state index is 0.0596. The summed E-state index contributed by atoms with van der Waals surface area (Å²) in [5, 5.41) is 0. The third-order valence-corrected chi connectivity index (χ3v) is 4.28. The lowest BCUT2D eigenvalue weighted by molar-refractivity contribution is 0.314. The fourth-order valence-corrected chi connectivity index (χ4v) is 2.95. The van der Waals surface area contributed by atoms with Crippen LogP contribution in [-0.2, 0) is 13.1 Å². The Morgan fingerprint density at radius 2 is 1.96 bits per heavy atom. The Morgan fingerprint density at radius 1 is 1.17 bits per heavy atom. The Hall–Kier alpha value is -1.98. The van der Waals surface area contributed by atoms with Crippen LogP contribution >= 0.6 is 15.9 Å². The summed E-state index contributed by atoms with van der Waals surface area (Å²) >= 11 is 3.37. The highest BCUT2D eigenvalue weighted by molar-refractivity contribution is 9.10. The van der Waals surface area contributed by atoms with Gasteiger partial charge in [0.1, 0.15) is 5.65 Å². The summed E-state index contributed by atoms with van der Waals surface area (Å²) in [6.07, 6.45) is 1.74. The van der Waals surface area contributed by atoms with E-state index in [0.717, 1.165) is 16.7 Å². The van der Waals surface area contributed by atoms with Crippen LogP contribution in [0.1, 0.15) is 16.8 Å². The minimum atomic E-state index is -0.0596. The van der Waals surface area contributed by atoms with Gasteiger partial charge in [-0.15, -0.1) is 0 Å². The molecule has 0 aliphatic carbocycles. The van der Waals surface area contributed by atoms with Crippen molar-refractivity contribution < 1.29 is 0 Å². The van der Waals surface area contributed by atoms with E-state index < -0.39 is 0 Å². The Balaban J connectivity index is 1.82. The van der Waals surface area contributed by atoms with Crippen molar-refractivity contribution in [2.24, 2.45) is 0 Å². The first-order valence-corrected chi connectivity index (χ1v) is 8.23. The first-order chi connectivity index (χ1) is 11.0. The topological polar surface area (TPSA) is 37.6 Å². The number of aromatic nitrogens is 2. The SMILES string of the molecule is Cc1ccccc1CN(C)Cc1cc(=O)n2cc(Br)ccc2n1. The Morgan fingerprint density at radius 3 is 2.74 bits per heavy atom. The second-order valence-corrected chi connectivity index (χ2v) is 6.68. The Kier molecular flexibility index (Phi) is 4.59. The second kappa shape index (κ2) is 6.64. The van der Waals surface area contributed by atoms with Gasteiger partial charge in [0.2, 0.25) is 0 Å². The van der Waals surface area contributed by atoms with Gasteiger partial charge in [-0.05, 0) is 53.2 Å². The van der Waals surface area contributed by atoms with Gasteiger partial charge in [0, 0.05) is 29.8 Å². The Bertz CT molecular complexity index is 904. The van der Waals surface area contributed by atoms with Crippen molar-refractivity contribution in [3.8, 4) is 0 Å². The molecule has 1 aromatic carbocycles. The number of hydrogen-bond acceptors (Lipinski definition) is 3. The van der Waals surface area contributed by atoms with Crippen molar-refractivity contribution in [3.05, 3.63) is 80.3 Å². The van der Waals surface area contributed by atoms with Gasteiger partial charge < -0.3 is 0 Å². The number of fused-ring (bicyclic) bond motifs is 1. The lowest BCUT2D eigenvalue weighted by atomic mass is 10.1. The van der Waals surface area contributed by atoms with Gasteiger partial charge in [0.25, 0.3) is 5.56 Å². The summed E-state index contributed by atoms with van der Waals surface area (Å²) in [6, 6.07) is 13.7. The number of aryl methyl sites for hydroxylation is 1. The van der Waals surface area contributed by atoms with Crippen molar-refractivity contribution >= 4 is 21.6 Å². The van der Waals surface area contributed by atoms with Gasteiger partial charge in [-0.1, -0.05) is 24.3 Å². The highest BCUT2D eigenvalue weighted by Crippen LogP contribution is 2.12. The number of nitrogens with zero attached hydrogens (tertiary/aromatic N) is 3. The fraction of sp³-hybridized carbons (Fsp3) is 0.222. The van der Waals surface area contributed by atoms with E-state index in [4.69, 9.17) is 0 Å². The number of rotatable bonds is 4. The molecule has 0 aliphatic heterocycles. The molecule has 0 aliphatic rings. The van der Waals surface area contributed by atoms with E-state index in [2.05, 4.69) is 50.9 Å². The smallest absolute Gasteiger partial charge is 0.258 e. The number of benzene rings is 1. The Labute approximate surface area is 143 Å². The maximum Gasteiger partial charge on any atom is 0.258 e. The highest BCUT2D eigenvalue weighted by atomic mass is 79.9. The molecule has 0 amide bonds. The maximum atomic E-state index is 12.2. The van der Waals surface area contributed by atoms with E-state index in [1.165, 1.54) is 11.1 Å². The summed E-state index contributed by atoms with van der Waals surface area (Å²) in [7, 11) is 2.04. The summed E-state index contributed by atoms with van der Waals surface area (Å²) in [5.74, 6) is 0. The lowest BCUT2D eigenvalue weighted by Crippen LogP contribution is -2.22.